The highest BCUT2D eigenvalue weighted by atomic mass is 16.7. The van der Waals surface area contributed by atoms with E-state index in [1.165, 1.54) is 31.2 Å². The highest BCUT2D eigenvalue weighted by Gasteiger charge is 2.48. The number of aliphatic hydroxyl groups excluding tert-OH is 8. The van der Waals surface area contributed by atoms with Gasteiger partial charge in [-0.2, -0.15) is 0 Å². The first-order valence-electron chi connectivity index (χ1n) is 13.0. The minimum atomic E-state index is -1.82. The van der Waals surface area contributed by atoms with Crippen LogP contribution in [-0.4, -0.2) is 125 Å². The Hall–Kier alpha value is -3.38. The van der Waals surface area contributed by atoms with Gasteiger partial charge < -0.3 is 74.7 Å². The molecule has 1 aromatic rings. The number of aliphatic hydroxyl groups is 8. The third kappa shape index (κ3) is 5.66. The summed E-state index contributed by atoms with van der Waals surface area (Å²) in [5.74, 6) is -1.77. The van der Waals surface area contributed by atoms with Crippen LogP contribution >= 0.6 is 0 Å². The molecule has 0 spiro atoms. The number of phenolic OH excluding ortho intramolecular Hbond substituents is 2. The van der Waals surface area contributed by atoms with Crippen molar-refractivity contribution >= 4 is 5.76 Å². The lowest BCUT2D eigenvalue weighted by atomic mass is 9.96. The Kier molecular flexibility index (Phi) is 8.39. The summed E-state index contributed by atoms with van der Waals surface area (Å²) in [6, 6.07) is 3.72. The fourth-order valence-corrected chi connectivity index (χ4v) is 4.89. The number of hydrogen-bond donors (Lipinski definition) is 10. The van der Waals surface area contributed by atoms with Gasteiger partial charge in [0.1, 0.15) is 60.4 Å². The van der Waals surface area contributed by atoms with E-state index in [1.807, 2.05) is 0 Å². The molecule has 1 aromatic carbocycles. The van der Waals surface area contributed by atoms with Crippen molar-refractivity contribution in [1.29, 1.82) is 0 Å². The lowest BCUT2D eigenvalue weighted by Gasteiger charge is -2.42. The van der Waals surface area contributed by atoms with Crippen LogP contribution in [0.1, 0.15) is 12.5 Å². The predicted molar refractivity (Wildman–Crippen MR) is 137 cm³/mol. The van der Waals surface area contributed by atoms with Gasteiger partial charge in [-0.15, -0.1) is 0 Å². The first-order chi connectivity index (χ1) is 19.8. The molecule has 3 heterocycles. The summed E-state index contributed by atoms with van der Waals surface area (Å²) in [6.07, 6.45) is -12.6. The van der Waals surface area contributed by atoms with Crippen LogP contribution in [0.15, 0.2) is 59.3 Å². The summed E-state index contributed by atoms with van der Waals surface area (Å²) in [5.41, 5.74) is 0.334. The van der Waals surface area contributed by atoms with Crippen LogP contribution in [0.3, 0.4) is 0 Å². The van der Waals surface area contributed by atoms with Crippen molar-refractivity contribution in [2.24, 2.45) is 0 Å². The number of hydrogen-bond acceptors (Lipinski definition) is 15. The van der Waals surface area contributed by atoms with Crippen LogP contribution in [0, 0.1) is 0 Å². The van der Waals surface area contributed by atoms with Crippen molar-refractivity contribution in [3.8, 4) is 11.5 Å². The van der Waals surface area contributed by atoms with Gasteiger partial charge in [-0.1, -0.05) is 0 Å². The minimum absolute atomic E-state index is 0.0673. The molecule has 10 N–H and O–H groups in total. The number of rotatable bonds is 6. The fourth-order valence-electron chi connectivity index (χ4n) is 4.89. The molecule has 2 saturated heterocycles. The molecule has 1 aliphatic carbocycles. The highest BCUT2D eigenvalue weighted by Crippen LogP contribution is 2.39. The Morgan fingerprint density at radius 3 is 2.17 bits per heavy atom. The third-order valence-electron chi connectivity index (χ3n) is 7.35. The molecule has 0 aromatic heterocycles. The quantitative estimate of drug-likeness (QED) is 0.171. The SMILES string of the molecule is CC1OC(OCC2OC(OC3=C(c4ccc(O)c(O)c4)OC4C=C(O)C=C(O)C4=C3)C(O)C(O)C2O)C(O)C(O)C1O. The normalized spacial score (nSPS) is 38.5. The van der Waals surface area contributed by atoms with Crippen LogP contribution in [0.4, 0.5) is 0 Å². The van der Waals surface area contributed by atoms with Crippen LogP contribution in [0.5, 0.6) is 11.5 Å². The summed E-state index contributed by atoms with van der Waals surface area (Å²) < 4.78 is 28.4. The second-order valence-corrected chi connectivity index (χ2v) is 10.3. The van der Waals surface area contributed by atoms with Crippen molar-refractivity contribution in [3.63, 3.8) is 0 Å². The van der Waals surface area contributed by atoms with E-state index in [-0.39, 0.29) is 34.2 Å². The van der Waals surface area contributed by atoms with Gasteiger partial charge in [0, 0.05) is 23.3 Å². The monoisotopic (exact) mass is 596 g/mol. The molecule has 11 atom stereocenters. The van der Waals surface area contributed by atoms with Gasteiger partial charge in [0.2, 0.25) is 6.29 Å². The number of phenols is 2. The van der Waals surface area contributed by atoms with E-state index in [9.17, 15) is 51.1 Å². The van der Waals surface area contributed by atoms with Crippen molar-refractivity contribution in [3.05, 3.63) is 64.8 Å². The minimum Gasteiger partial charge on any atom is -0.508 e. The zero-order chi connectivity index (χ0) is 30.5. The van der Waals surface area contributed by atoms with Gasteiger partial charge in [-0.25, -0.2) is 0 Å². The lowest BCUT2D eigenvalue weighted by Crippen LogP contribution is -2.61. The molecule has 0 saturated carbocycles. The second-order valence-electron chi connectivity index (χ2n) is 10.3. The smallest absolute Gasteiger partial charge is 0.229 e. The number of allylic oxidation sites excluding steroid dienone is 2. The molecule has 0 radical (unpaired) electrons. The van der Waals surface area contributed by atoms with Crippen molar-refractivity contribution in [2.45, 2.75) is 74.4 Å². The summed E-state index contributed by atoms with van der Waals surface area (Å²) in [7, 11) is 0. The molecule has 5 rings (SSSR count). The van der Waals surface area contributed by atoms with Gasteiger partial charge in [0.25, 0.3) is 0 Å². The molecule has 2 fully saturated rings. The van der Waals surface area contributed by atoms with Gasteiger partial charge in [-0.05, 0) is 31.2 Å². The predicted octanol–water partition coefficient (Wildman–Crippen LogP) is -1.34. The van der Waals surface area contributed by atoms with Gasteiger partial charge in [0.15, 0.2) is 29.3 Å². The molecule has 230 valence electrons. The second kappa shape index (κ2) is 11.7. The zero-order valence-corrected chi connectivity index (χ0v) is 22.0. The molecule has 15 heteroatoms. The average molecular weight is 597 g/mol. The van der Waals surface area contributed by atoms with E-state index in [1.54, 1.807) is 0 Å². The molecular formula is C27H32O15. The maximum absolute atomic E-state index is 10.7. The summed E-state index contributed by atoms with van der Waals surface area (Å²) in [6.45, 7) is 0.931. The Balaban J connectivity index is 1.40. The van der Waals surface area contributed by atoms with Gasteiger partial charge >= 0.3 is 0 Å². The van der Waals surface area contributed by atoms with Crippen molar-refractivity contribution in [2.75, 3.05) is 6.61 Å². The zero-order valence-electron chi connectivity index (χ0n) is 22.0. The van der Waals surface area contributed by atoms with Crippen LogP contribution in [-0.2, 0) is 23.7 Å². The Morgan fingerprint density at radius 1 is 0.762 bits per heavy atom. The first-order valence-corrected chi connectivity index (χ1v) is 13.0. The number of benzene rings is 1. The summed E-state index contributed by atoms with van der Waals surface area (Å²) in [5, 5.41) is 102. The van der Waals surface area contributed by atoms with Gasteiger partial charge in [-0.3, -0.25) is 0 Å². The number of ether oxygens (including phenoxy) is 5. The van der Waals surface area contributed by atoms with Crippen molar-refractivity contribution < 1.29 is 74.7 Å². The fraction of sp³-hybridized carbons (Fsp3) is 0.481. The van der Waals surface area contributed by atoms with E-state index in [0.717, 1.165) is 12.1 Å². The molecule has 0 amide bonds. The van der Waals surface area contributed by atoms with E-state index < -0.39 is 85.6 Å². The Bertz CT molecular complexity index is 1300. The largest absolute Gasteiger partial charge is 0.508 e. The van der Waals surface area contributed by atoms with E-state index in [4.69, 9.17) is 23.7 Å². The number of fused-ring (bicyclic) bond motifs is 1. The highest BCUT2D eigenvalue weighted by molar-refractivity contribution is 5.70. The number of aromatic hydroxyl groups is 2. The summed E-state index contributed by atoms with van der Waals surface area (Å²) >= 11 is 0. The summed E-state index contributed by atoms with van der Waals surface area (Å²) in [4.78, 5) is 0. The maximum atomic E-state index is 10.7. The van der Waals surface area contributed by atoms with Gasteiger partial charge in [0.05, 0.1) is 12.7 Å². The van der Waals surface area contributed by atoms with Crippen molar-refractivity contribution in [1.82, 2.24) is 0 Å². The third-order valence-corrected chi connectivity index (χ3v) is 7.35. The standard InChI is InChI=1S/C27H32O15/c1-9-19(32)21(34)23(36)26(39-9)38-8-18-20(33)22(35)24(37)27(42-18)41-17-7-12-14(30)5-11(28)6-16(12)40-25(17)10-2-3-13(29)15(31)4-10/h2-7,9,16,18-24,26-37H,8H2,1H3. The topological polar surface area (TPSA) is 248 Å². The van der Waals surface area contributed by atoms with Crippen LogP contribution < -0.4 is 0 Å². The Morgan fingerprint density at radius 2 is 1.45 bits per heavy atom. The van der Waals surface area contributed by atoms with E-state index >= 15 is 0 Å². The molecule has 42 heavy (non-hydrogen) atoms. The molecular weight excluding hydrogens is 564 g/mol. The average Bonchev–Trinajstić information content (AvgIpc) is 2.95. The van der Waals surface area contributed by atoms with E-state index in [0.29, 0.717) is 0 Å². The maximum Gasteiger partial charge on any atom is 0.229 e. The van der Waals surface area contributed by atoms with Crippen LogP contribution in [0.25, 0.3) is 5.76 Å². The molecule has 11 unspecified atom stereocenters. The molecule has 15 nitrogen and oxygen atoms in total. The molecule has 4 aliphatic rings. The molecule has 3 aliphatic heterocycles. The molecule has 0 bridgehead atoms. The van der Waals surface area contributed by atoms with Crippen LogP contribution in [0.2, 0.25) is 0 Å². The Labute approximate surface area is 238 Å². The first kappa shape index (κ1) is 30.1. The van der Waals surface area contributed by atoms with E-state index in [2.05, 4.69) is 0 Å². The lowest BCUT2D eigenvalue weighted by molar-refractivity contribution is -0.323.